The standard InChI is InChI=1S/C13H9.2C9H7.C2H4.2ClH.Hf/c1-3-7-12-10(5-1)9-11-6-2-4-8-13(11)12;2*1-2-5-9-7-3-6-8(9)4-1;1-2;;;/h1-9H;2*1-7H;1H,2H3;2*1H;/q;;;;;;+2/p-2. The molecule has 0 bridgehead atoms. The molecular weight excluding hydrogens is 646 g/mol. The quantitative estimate of drug-likeness (QED) is 0.190. The SMILES string of the molecule is C[CH]=[Hf]([Cl])([Cl])([CH]1C=Cc2ccccc21)([CH]1C=Cc2ccccc21)[CH]1c2ccccc2-c2ccccc21. The van der Waals surface area contributed by atoms with Crippen LogP contribution in [0, 0.1) is 0 Å². The summed E-state index contributed by atoms with van der Waals surface area (Å²) in [4.78, 5) is 0. The zero-order valence-electron chi connectivity index (χ0n) is 20.1. The third-order valence-electron chi connectivity index (χ3n) is 9.42. The van der Waals surface area contributed by atoms with Gasteiger partial charge in [-0.3, -0.25) is 0 Å². The van der Waals surface area contributed by atoms with E-state index < -0.39 is 14.2 Å². The number of hydrogen-bond donors (Lipinski definition) is 0. The Labute approximate surface area is 217 Å². The van der Waals surface area contributed by atoms with E-state index in [0.717, 1.165) is 0 Å². The number of benzene rings is 4. The zero-order valence-corrected chi connectivity index (χ0v) is 25.2. The summed E-state index contributed by atoms with van der Waals surface area (Å²) in [6, 6.07) is 34.8. The van der Waals surface area contributed by atoms with Gasteiger partial charge in [0.15, 0.2) is 0 Å². The second-order valence-electron chi connectivity index (χ2n) is 10.8. The second-order valence-corrected chi connectivity index (χ2v) is 52.3. The summed E-state index contributed by atoms with van der Waals surface area (Å²) in [5, 5.41) is 0. The molecule has 0 aromatic heterocycles. The van der Waals surface area contributed by atoms with Crippen LogP contribution in [0.2, 0.25) is 0 Å². The van der Waals surface area contributed by atoms with E-state index >= 15 is 0 Å². The Balaban J connectivity index is 1.67. The summed E-state index contributed by atoms with van der Waals surface area (Å²) in [5.74, 6) is 0. The topological polar surface area (TPSA) is 0 Å². The van der Waals surface area contributed by atoms with Crippen LogP contribution in [0.25, 0.3) is 23.3 Å². The third kappa shape index (κ3) is 2.62. The monoisotopic (exact) mass is 673 g/mol. The van der Waals surface area contributed by atoms with Gasteiger partial charge in [0.1, 0.15) is 0 Å². The van der Waals surface area contributed by atoms with Crippen LogP contribution in [0.1, 0.15) is 51.3 Å². The Bertz CT molecular complexity index is 1620. The van der Waals surface area contributed by atoms with Gasteiger partial charge in [0.05, 0.1) is 0 Å². The van der Waals surface area contributed by atoms with Gasteiger partial charge in [0.25, 0.3) is 0 Å². The molecule has 0 radical (unpaired) electrons. The van der Waals surface area contributed by atoms with Crippen LogP contribution in [0.15, 0.2) is 109 Å². The molecule has 4 aromatic rings. The van der Waals surface area contributed by atoms with Gasteiger partial charge in [0, 0.05) is 0 Å². The fourth-order valence-corrected chi connectivity index (χ4v) is 44.5. The molecule has 0 aliphatic heterocycles. The molecule has 177 valence electrons. The molecule has 0 fully saturated rings. The van der Waals surface area contributed by atoms with Crippen molar-refractivity contribution in [2.24, 2.45) is 0 Å². The van der Waals surface area contributed by atoms with Crippen molar-refractivity contribution < 1.29 is 14.2 Å². The predicted octanol–water partition coefficient (Wildman–Crippen LogP) is 9.65. The summed E-state index contributed by atoms with van der Waals surface area (Å²) in [6.45, 7) is 2.15. The van der Waals surface area contributed by atoms with E-state index in [1.54, 1.807) is 0 Å². The van der Waals surface area contributed by atoms with E-state index in [1.807, 2.05) is 0 Å². The molecule has 3 aliphatic carbocycles. The average molecular weight is 673 g/mol. The second kappa shape index (κ2) is 7.38. The summed E-state index contributed by atoms with van der Waals surface area (Å²) in [5.41, 5.74) is 9.99. The molecule has 0 saturated carbocycles. The van der Waals surface area contributed by atoms with Crippen LogP contribution in [0.3, 0.4) is 0 Å². The zero-order chi connectivity index (χ0) is 24.6. The summed E-state index contributed by atoms with van der Waals surface area (Å²) >= 11 is -5.95. The minimum atomic E-state index is -5.95. The number of allylic oxidation sites excluding steroid dienone is 2. The van der Waals surface area contributed by atoms with Crippen LogP contribution in [0.5, 0.6) is 0 Å². The molecule has 3 heteroatoms. The Morgan fingerprint density at radius 3 is 1.39 bits per heavy atom. The van der Waals surface area contributed by atoms with Crippen molar-refractivity contribution in [2.45, 2.75) is 17.9 Å². The molecule has 0 N–H and O–H groups in total. The van der Waals surface area contributed by atoms with Gasteiger partial charge in [-0.05, 0) is 0 Å². The van der Waals surface area contributed by atoms with Crippen LogP contribution in [-0.2, 0) is 14.2 Å². The number of fused-ring (bicyclic) bond motifs is 5. The van der Waals surface area contributed by atoms with Crippen LogP contribution in [0.4, 0.5) is 0 Å². The first kappa shape index (κ1) is 22.8. The average Bonchev–Trinajstić information content (AvgIpc) is 3.64. The van der Waals surface area contributed by atoms with Gasteiger partial charge >= 0.3 is 219 Å². The fraction of sp³-hybridized carbons (Fsp3) is 0.121. The Morgan fingerprint density at radius 2 is 0.944 bits per heavy atom. The molecule has 0 nitrogen and oxygen atoms in total. The fourth-order valence-electron chi connectivity index (χ4n) is 7.76. The van der Waals surface area contributed by atoms with Gasteiger partial charge in [0.2, 0.25) is 0 Å². The number of halogens is 2. The molecule has 0 spiro atoms. The van der Waals surface area contributed by atoms with E-state index in [-0.39, 0.29) is 11.0 Å². The van der Waals surface area contributed by atoms with Crippen molar-refractivity contribution in [3.8, 4) is 11.1 Å². The molecule has 0 heterocycles. The molecule has 0 amide bonds. The third-order valence-corrected chi connectivity index (χ3v) is 51.6. The maximum atomic E-state index is 8.79. The Morgan fingerprint density at radius 1 is 0.556 bits per heavy atom. The molecule has 3 aliphatic rings. The van der Waals surface area contributed by atoms with Gasteiger partial charge in [-0.2, -0.15) is 0 Å². The first-order chi connectivity index (χ1) is 17.4. The normalized spacial score (nSPS) is 21.3. The summed E-state index contributed by atoms with van der Waals surface area (Å²) in [7, 11) is 17.6. The molecule has 36 heavy (non-hydrogen) atoms. The van der Waals surface area contributed by atoms with E-state index in [9.17, 15) is 0 Å². The maximum absolute atomic E-state index is 8.79. The van der Waals surface area contributed by atoms with Crippen LogP contribution < -0.4 is 0 Å². The molecular formula is C33H27Cl2Hf. The van der Waals surface area contributed by atoms with Gasteiger partial charge in [-0.15, -0.1) is 0 Å². The van der Waals surface area contributed by atoms with Crippen molar-refractivity contribution in [2.75, 3.05) is 0 Å². The Kier molecular flexibility index (Phi) is 4.68. The van der Waals surface area contributed by atoms with Crippen molar-refractivity contribution in [1.29, 1.82) is 0 Å². The molecule has 7 rings (SSSR count). The molecule has 4 aromatic carbocycles. The first-order valence-corrected chi connectivity index (χ1v) is 29.9. The summed E-state index contributed by atoms with van der Waals surface area (Å²) < 4.78 is 2.09. The van der Waals surface area contributed by atoms with Gasteiger partial charge in [-0.25, -0.2) is 0 Å². The van der Waals surface area contributed by atoms with E-state index in [4.69, 9.17) is 17.2 Å². The van der Waals surface area contributed by atoms with Crippen molar-refractivity contribution >= 4 is 33.1 Å². The van der Waals surface area contributed by atoms with Crippen molar-refractivity contribution in [1.82, 2.24) is 0 Å². The van der Waals surface area contributed by atoms with Crippen molar-refractivity contribution in [3.05, 3.63) is 143 Å². The van der Waals surface area contributed by atoms with E-state index in [1.165, 1.54) is 44.5 Å². The number of hydrogen-bond acceptors (Lipinski definition) is 0. The van der Waals surface area contributed by atoms with Gasteiger partial charge < -0.3 is 0 Å². The summed E-state index contributed by atoms with van der Waals surface area (Å²) in [6.07, 6.45) is 9.12. The van der Waals surface area contributed by atoms with Crippen LogP contribution in [-0.4, -0.2) is 3.76 Å². The number of rotatable bonds is 3. The van der Waals surface area contributed by atoms with E-state index in [0.29, 0.717) is 0 Å². The van der Waals surface area contributed by atoms with Gasteiger partial charge in [-0.1, -0.05) is 0 Å². The first-order valence-electron chi connectivity index (χ1n) is 12.7. The van der Waals surface area contributed by atoms with Crippen molar-refractivity contribution in [3.63, 3.8) is 0 Å². The van der Waals surface area contributed by atoms with E-state index in [2.05, 4.69) is 132 Å². The predicted molar refractivity (Wildman–Crippen MR) is 154 cm³/mol. The molecule has 2 atom stereocenters. The minimum absolute atomic E-state index is 0.0745. The molecule has 0 saturated heterocycles. The van der Waals surface area contributed by atoms with Crippen LogP contribution >= 0.6 is 17.2 Å². The Hall–Kier alpha value is -2.32. The molecule has 2 unspecified atom stereocenters.